The van der Waals surface area contributed by atoms with Crippen molar-refractivity contribution >= 4 is 0 Å². The Balaban J connectivity index is 2.43. The van der Waals surface area contributed by atoms with Gasteiger partial charge >= 0.3 is 0 Å². The molecule has 0 aliphatic heterocycles. The van der Waals surface area contributed by atoms with Gasteiger partial charge in [0, 0.05) is 0 Å². The molecule has 1 atom stereocenters. The minimum absolute atomic E-state index is 0.256. The van der Waals surface area contributed by atoms with E-state index < -0.39 is 0 Å². The number of methoxy groups -OCH3 is 2. The third kappa shape index (κ3) is 3.15. The molecule has 0 amide bonds. The Labute approximate surface area is 123 Å². The summed E-state index contributed by atoms with van der Waals surface area (Å²) in [6.45, 7) is 1.72. The molecule has 2 aromatic carbocycles. The molecule has 21 heavy (non-hydrogen) atoms. The summed E-state index contributed by atoms with van der Waals surface area (Å²) >= 11 is 0. The number of nitrogens with two attached hydrogens (primary N) is 1. The molecule has 5 heteroatoms. The second-order valence-corrected chi connectivity index (χ2v) is 4.72. The number of halogens is 1. The highest BCUT2D eigenvalue weighted by molar-refractivity contribution is 5.46. The molecule has 0 radical (unpaired) electrons. The van der Waals surface area contributed by atoms with Crippen molar-refractivity contribution in [2.75, 3.05) is 14.2 Å². The molecule has 2 aromatic rings. The molecule has 0 bridgehead atoms. The van der Waals surface area contributed by atoms with E-state index in [9.17, 15) is 4.39 Å². The van der Waals surface area contributed by atoms with E-state index in [2.05, 4.69) is 5.43 Å². The van der Waals surface area contributed by atoms with Crippen LogP contribution < -0.4 is 20.7 Å². The van der Waals surface area contributed by atoms with Gasteiger partial charge in [0.1, 0.15) is 5.82 Å². The summed E-state index contributed by atoms with van der Waals surface area (Å²) in [6.07, 6.45) is 0. The predicted octanol–water partition coefficient (Wildman–Crippen LogP) is 2.70. The minimum Gasteiger partial charge on any atom is -0.493 e. The van der Waals surface area contributed by atoms with Gasteiger partial charge in [0.2, 0.25) is 0 Å². The Morgan fingerprint density at radius 3 is 2.19 bits per heavy atom. The Kier molecular flexibility index (Phi) is 4.77. The van der Waals surface area contributed by atoms with E-state index >= 15 is 0 Å². The van der Waals surface area contributed by atoms with Gasteiger partial charge in [0.15, 0.2) is 11.5 Å². The SMILES string of the molecule is COc1ccc(C(NN)c2ccc(C)c(F)c2)cc1OC. The molecule has 1 unspecified atom stereocenters. The summed E-state index contributed by atoms with van der Waals surface area (Å²) in [7, 11) is 3.14. The number of hydrogen-bond acceptors (Lipinski definition) is 4. The Morgan fingerprint density at radius 1 is 1.00 bits per heavy atom. The summed E-state index contributed by atoms with van der Waals surface area (Å²) in [4.78, 5) is 0. The monoisotopic (exact) mass is 290 g/mol. The van der Waals surface area contributed by atoms with Crippen molar-refractivity contribution < 1.29 is 13.9 Å². The molecule has 112 valence electrons. The van der Waals surface area contributed by atoms with Crippen molar-refractivity contribution in [3.8, 4) is 11.5 Å². The van der Waals surface area contributed by atoms with Gasteiger partial charge in [-0.25, -0.2) is 9.82 Å². The van der Waals surface area contributed by atoms with Crippen LogP contribution in [-0.2, 0) is 0 Å². The molecule has 0 saturated carbocycles. The van der Waals surface area contributed by atoms with Crippen molar-refractivity contribution in [3.63, 3.8) is 0 Å². The van der Waals surface area contributed by atoms with Gasteiger partial charge in [-0.3, -0.25) is 5.84 Å². The van der Waals surface area contributed by atoms with Crippen LogP contribution in [0.1, 0.15) is 22.7 Å². The average Bonchev–Trinajstić information content (AvgIpc) is 2.51. The highest BCUT2D eigenvalue weighted by atomic mass is 19.1. The highest BCUT2D eigenvalue weighted by Crippen LogP contribution is 2.32. The van der Waals surface area contributed by atoms with E-state index in [1.165, 1.54) is 6.07 Å². The summed E-state index contributed by atoms with van der Waals surface area (Å²) in [6, 6.07) is 10.2. The molecule has 0 fully saturated rings. The summed E-state index contributed by atoms with van der Waals surface area (Å²) in [5.41, 5.74) is 4.91. The van der Waals surface area contributed by atoms with E-state index in [1.807, 2.05) is 18.2 Å². The van der Waals surface area contributed by atoms with Crippen molar-refractivity contribution in [1.82, 2.24) is 5.43 Å². The fourth-order valence-corrected chi connectivity index (χ4v) is 2.21. The lowest BCUT2D eigenvalue weighted by molar-refractivity contribution is 0.354. The van der Waals surface area contributed by atoms with Gasteiger partial charge in [0.05, 0.1) is 20.3 Å². The van der Waals surface area contributed by atoms with Crippen LogP contribution in [0.25, 0.3) is 0 Å². The zero-order valence-electron chi connectivity index (χ0n) is 12.3. The average molecular weight is 290 g/mol. The molecular weight excluding hydrogens is 271 g/mol. The number of benzene rings is 2. The van der Waals surface area contributed by atoms with Crippen molar-refractivity contribution in [2.24, 2.45) is 5.84 Å². The lowest BCUT2D eigenvalue weighted by Gasteiger charge is -2.19. The third-order valence-corrected chi connectivity index (χ3v) is 3.44. The molecule has 0 spiro atoms. The quantitative estimate of drug-likeness (QED) is 0.656. The Bertz CT molecular complexity index is 632. The number of hydrazine groups is 1. The van der Waals surface area contributed by atoms with Crippen LogP contribution in [0.4, 0.5) is 4.39 Å². The van der Waals surface area contributed by atoms with Gasteiger partial charge in [0.25, 0.3) is 0 Å². The highest BCUT2D eigenvalue weighted by Gasteiger charge is 2.16. The van der Waals surface area contributed by atoms with Crippen LogP contribution in [0.2, 0.25) is 0 Å². The van der Waals surface area contributed by atoms with Gasteiger partial charge in [-0.05, 0) is 41.8 Å². The van der Waals surface area contributed by atoms with Crippen LogP contribution in [0.5, 0.6) is 11.5 Å². The second-order valence-electron chi connectivity index (χ2n) is 4.72. The maximum Gasteiger partial charge on any atom is 0.161 e. The maximum atomic E-state index is 13.7. The summed E-state index contributed by atoms with van der Waals surface area (Å²) < 4.78 is 24.2. The molecule has 0 aromatic heterocycles. The standard InChI is InChI=1S/C16H19FN2O2/c1-10-4-5-11(8-13(10)17)16(19-18)12-6-7-14(20-2)15(9-12)21-3/h4-9,16,19H,18H2,1-3H3. The molecule has 0 heterocycles. The van der Waals surface area contributed by atoms with Gasteiger partial charge in [-0.2, -0.15) is 0 Å². The first-order chi connectivity index (χ1) is 10.1. The summed E-state index contributed by atoms with van der Waals surface area (Å²) in [5.74, 6) is 6.62. The zero-order chi connectivity index (χ0) is 15.4. The van der Waals surface area contributed by atoms with Gasteiger partial charge in [-0.1, -0.05) is 18.2 Å². The largest absolute Gasteiger partial charge is 0.493 e. The van der Waals surface area contributed by atoms with E-state index in [0.29, 0.717) is 17.1 Å². The van der Waals surface area contributed by atoms with Crippen LogP contribution in [-0.4, -0.2) is 14.2 Å². The van der Waals surface area contributed by atoms with Crippen LogP contribution in [0.15, 0.2) is 36.4 Å². The molecule has 4 nitrogen and oxygen atoms in total. The first-order valence-electron chi connectivity index (χ1n) is 6.54. The van der Waals surface area contributed by atoms with Crippen LogP contribution in [0, 0.1) is 12.7 Å². The number of aryl methyl sites for hydroxylation is 1. The lowest BCUT2D eigenvalue weighted by Crippen LogP contribution is -2.29. The smallest absolute Gasteiger partial charge is 0.161 e. The molecule has 0 aliphatic carbocycles. The third-order valence-electron chi connectivity index (χ3n) is 3.44. The predicted molar refractivity (Wildman–Crippen MR) is 79.8 cm³/mol. The van der Waals surface area contributed by atoms with Crippen LogP contribution in [0.3, 0.4) is 0 Å². The molecule has 0 saturated heterocycles. The van der Waals surface area contributed by atoms with Crippen molar-refractivity contribution in [2.45, 2.75) is 13.0 Å². The van der Waals surface area contributed by atoms with E-state index in [-0.39, 0.29) is 11.9 Å². The minimum atomic E-state index is -0.333. The number of nitrogens with one attached hydrogen (secondary N) is 1. The van der Waals surface area contributed by atoms with Crippen LogP contribution >= 0.6 is 0 Å². The van der Waals surface area contributed by atoms with Crippen molar-refractivity contribution in [1.29, 1.82) is 0 Å². The molecule has 3 N–H and O–H groups in total. The Morgan fingerprint density at radius 2 is 1.62 bits per heavy atom. The molecular formula is C16H19FN2O2. The zero-order valence-corrected chi connectivity index (χ0v) is 12.3. The first kappa shape index (κ1) is 15.3. The first-order valence-corrected chi connectivity index (χ1v) is 6.54. The van der Waals surface area contributed by atoms with E-state index in [1.54, 1.807) is 33.3 Å². The second kappa shape index (κ2) is 6.56. The number of ether oxygens (including phenoxy) is 2. The normalized spacial score (nSPS) is 12.0. The Hall–Kier alpha value is -2.11. The van der Waals surface area contributed by atoms with E-state index in [4.69, 9.17) is 15.3 Å². The van der Waals surface area contributed by atoms with Gasteiger partial charge in [-0.15, -0.1) is 0 Å². The topological polar surface area (TPSA) is 56.5 Å². The molecule has 0 aliphatic rings. The van der Waals surface area contributed by atoms with Crippen molar-refractivity contribution in [3.05, 3.63) is 58.9 Å². The lowest BCUT2D eigenvalue weighted by atomic mass is 9.97. The number of rotatable bonds is 5. The molecule has 2 rings (SSSR count). The fraction of sp³-hybridized carbons (Fsp3) is 0.250. The number of hydrogen-bond donors (Lipinski definition) is 2. The summed E-state index contributed by atoms with van der Waals surface area (Å²) in [5, 5.41) is 0. The van der Waals surface area contributed by atoms with Gasteiger partial charge < -0.3 is 9.47 Å². The maximum absolute atomic E-state index is 13.7. The van der Waals surface area contributed by atoms with E-state index in [0.717, 1.165) is 11.1 Å². The fourth-order valence-electron chi connectivity index (χ4n) is 2.21.